The third-order valence-corrected chi connectivity index (χ3v) is 6.51. The van der Waals surface area contributed by atoms with Crippen LogP contribution < -0.4 is 20.5 Å². The molecule has 1 aliphatic rings. The van der Waals surface area contributed by atoms with Crippen LogP contribution >= 0.6 is 11.6 Å². The van der Waals surface area contributed by atoms with Gasteiger partial charge in [0.25, 0.3) is 5.56 Å². The summed E-state index contributed by atoms with van der Waals surface area (Å²) in [5, 5.41) is 4.53. The molecule has 35 heavy (non-hydrogen) atoms. The Balaban J connectivity index is 1.67. The van der Waals surface area contributed by atoms with E-state index in [-0.39, 0.29) is 29.7 Å². The molecule has 186 valence electrons. The number of Topliss-reactive ketones (excluding diaryl/α,β-unsaturated/α-hetero) is 1. The third-order valence-electron chi connectivity index (χ3n) is 6.24. The number of hydrogen-bond donors (Lipinski definition) is 1. The Bertz CT molecular complexity index is 1290. The highest BCUT2D eigenvalue weighted by Crippen LogP contribution is 2.29. The molecule has 3 aromatic rings. The van der Waals surface area contributed by atoms with Crippen LogP contribution in [-0.2, 0) is 4.79 Å². The first-order chi connectivity index (χ1) is 16.8. The molecule has 1 saturated heterocycles. The van der Waals surface area contributed by atoms with Crippen LogP contribution in [0.4, 0.5) is 17.5 Å². The maximum atomic E-state index is 13.0. The fraction of sp³-hybridized carbons (Fsp3) is 0.462. The molecule has 1 aliphatic heterocycles. The number of ether oxygens (including phenoxy) is 1. The van der Waals surface area contributed by atoms with E-state index in [9.17, 15) is 9.59 Å². The van der Waals surface area contributed by atoms with Gasteiger partial charge in [-0.2, -0.15) is 4.98 Å². The first kappa shape index (κ1) is 25.0. The SMILES string of the molecule is CCC(=O)COc1cc2cc(Nc3nc(N4CCCC(C)C4)ncc3Cl)ccc2n(C(C)C)c1=O. The van der Waals surface area contributed by atoms with E-state index in [1.165, 1.54) is 6.42 Å². The van der Waals surface area contributed by atoms with Gasteiger partial charge in [0.2, 0.25) is 5.95 Å². The maximum absolute atomic E-state index is 13.0. The second-order valence-corrected chi connectivity index (χ2v) is 9.82. The number of carbonyl (C=O) groups is 1. The molecule has 1 N–H and O–H groups in total. The van der Waals surface area contributed by atoms with Crippen LogP contribution in [0.25, 0.3) is 10.9 Å². The van der Waals surface area contributed by atoms with Gasteiger partial charge in [-0.05, 0) is 56.9 Å². The third kappa shape index (κ3) is 5.59. The zero-order chi connectivity index (χ0) is 25.1. The summed E-state index contributed by atoms with van der Waals surface area (Å²) >= 11 is 6.43. The van der Waals surface area contributed by atoms with Gasteiger partial charge in [-0.1, -0.05) is 25.4 Å². The lowest BCUT2D eigenvalue weighted by Crippen LogP contribution is -2.35. The molecule has 0 bridgehead atoms. The molecule has 4 rings (SSSR count). The first-order valence-corrected chi connectivity index (χ1v) is 12.5. The lowest BCUT2D eigenvalue weighted by atomic mass is 10.0. The van der Waals surface area contributed by atoms with Gasteiger partial charge in [0.15, 0.2) is 17.4 Å². The van der Waals surface area contributed by atoms with E-state index in [1.54, 1.807) is 23.8 Å². The molecule has 1 fully saturated rings. The zero-order valence-electron chi connectivity index (χ0n) is 20.7. The van der Waals surface area contributed by atoms with E-state index < -0.39 is 0 Å². The number of pyridine rings is 1. The lowest BCUT2D eigenvalue weighted by molar-refractivity contribution is -0.120. The largest absolute Gasteiger partial charge is 0.480 e. The van der Waals surface area contributed by atoms with Gasteiger partial charge >= 0.3 is 0 Å². The monoisotopic (exact) mass is 497 g/mol. The fourth-order valence-electron chi connectivity index (χ4n) is 4.38. The molecule has 0 amide bonds. The summed E-state index contributed by atoms with van der Waals surface area (Å²) in [7, 11) is 0. The number of fused-ring (bicyclic) bond motifs is 1. The van der Waals surface area contributed by atoms with Crippen molar-refractivity contribution in [2.24, 2.45) is 5.92 Å². The highest BCUT2D eigenvalue weighted by molar-refractivity contribution is 6.32. The van der Waals surface area contributed by atoms with Gasteiger partial charge in [0.1, 0.15) is 11.6 Å². The number of anilines is 3. The van der Waals surface area contributed by atoms with Crippen molar-refractivity contribution < 1.29 is 9.53 Å². The number of nitrogens with one attached hydrogen (secondary N) is 1. The highest BCUT2D eigenvalue weighted by atomic mass is 35.5. The normalized spacial score (nSPS) is 16.1. The molecule has 0 radical (unpaired) electrons. The number of halogens is 1. The second kappa shape index (κ2) is 10.6. The molecular weight excluding hydrogens is 466 g/mol. The standard InChI is InChI=1S/C26H32ClN5O3/c1-5-20(33)15-35-23-12-18-11-19(8-9-22(18)32(16(2)3)25(23)34)29-24-21(27)13-28-26(30-24)31-10-6-7-17(4)14-31/h8-9,11-13,16-17H,5-7,10,14-15H2,1-4H3,(H,28,29,30). The minimum atomic E-state index is -0.253. The van der Waals surface area contributed by atoms with E-state index in [0.717, 1.165) is 36.1 Å². The Morgan fingerprint density at radius 2 is 2.11 bits per heavy atom. The molecule has 1 atom stereocenters. The predicted molar refractivity (Wildman–Crippen MR) is 140 cm³/mol. The maximum Gasteiger partial charge on any atom is 0.293 e. The predicted octanol–water partition coefficient (Wildman–Crippen LogP) is 5.36. The number of benzene rings is 1. The summed E-state index contributed by atoms with van der Waals surface area (Å²) in [5.41, 5.74) is 1.29. The molecular formula is C26H32ClN5O3. The number of aromatic nitrogens is 3. The topological polar surface area (TPSA) is 89.3 Å². The minimum absolute atomic E-state index is 0.0617. The van der Waals surface area contributed by atoms with Gasteiger partial charge in [-0.15, -0.1) is 0 Å². The highest BCUT2D eigenvalue weighted by Gasteiger charge is 2.20. The number of piperidine rings is 1. The van der Waals surface area contributed by atoms with Gasteiger partial charge in [-0.3, -0.25) is 9.59 Å². The van der Waals surface area contributed by atoms with Crippen molar-refractivity contribution in [1.82, 2.24) is 14.5 Å². The van der Waals surface area contributed by atoms with Crippen LogP contribution in [0, 0.1) is 5.92 Å². The zero-order valence-corrected chi connectivity index (χ0v) is 21.4. The summed E-state index contributed by atoms with van der Waals surface area (Å²) in [6.07, 6.45) is 4.32. The Morgan fingerprint density at radius 3 is 2.83 bits per heavy atom. The molecule has 9 heteroatoms. The number of carbonyl (C=O) groups excluding carboxylic acids is 1. The Morgan fingerprint density at radius 1 is 1.31 bits per heavy atom. The molecule has 2 aromatic heterocycles. The average Bonchev–Trinajstić information content (AvgIpc) is 2.83. The van der Waals surface area contributed by atoms with Crippen molar-refractivity contribution >= 4 is 45.7 Å². The molecule has 1 unspecified atom stereocenters. The summed E-state index contributed by atoms with van der Waals surface area (Å²) in [5.74, 6) is 1.88. The summed E-state index contributed by atoms with van der Waals surface area (Å²) < 4.78 is 7.29. The molecule has 3 heterocycles. The Kier molecular flexibility index (Phi) is 7.60. The minimum Gasteiger partial charge on any atom is -0.480 e. The second-order valence-electron chi connectivity index (χ2n) is 9.42. The van der Waals surface area contributed by atoms with E-state index in [2.05, 4.69) is 22.1 Å². The number of hydrogen-bond acceptors (Lipinski definition) is 7. The van der Waals surface area contributed by atoms with Gasteiger partial charge in [0, 0.05) is 36.6 Å². The van der Waals surface area contributed by atoms with Gasteiger partial charge < -0.3 is 19.5 Å². The van der Waals surface area contributed by atoms with E-state index >= 15 is 0 Å². The number of rotatable bonds is 8. The van der Waals surface area contributed by atoms with E-state index in [4.69, 9.17) is 21.3 Å². The van der Waals surface area contributed by atoms with Crippen molar-refractivity contribution in [3.63, 3.8) is 0 Å². The summed E-state index contributed by atoms with van der Waals surface area (Å²) in [6, 6.07) is 7.31. The van der Waals surface area contributed by atoms with Crippen LogP contribution in [0.3, 0.4) is 0 Å². The number of ketones is 1. The molecule has 0 spiro atoms. The van der Waals surface area contributed by atoms with Gasteiger partial charge in [-0.25, -0.2) is 4.98 Å². The van der Waals surface area contributed by atoms with Crippen molar-refractivity contribution in [2.75, 3.05) is 29.9 Å². The molecule has 0 saturated carbocycles. The van der Waals surface area contributed by atoms with Crippen molar-refractivity contribution in [3.05, 3.63) is 45.8 Å². The average molecular weight is 498 g/mol. The van der Waals surface area contributed by atoms with Crippen LogP contribution in [0.2, 0.25) is 5.02 Å². The quantitative estimate of drug-likeness (QED) is 0.447. The lowest BCUT2D eigenvalue weighted by Gasteiger charge is -2.31. The van der Waals surface area contributed by atoms with E-state index in [1.807, 2.05) is 32.0 Å². The van der Waals surface area contributed by atoms with Crippen molar-refractivity contribution in [2.45, 2.75) is 53.0 Å². The van der Waals surface area contributed by atoms with Crippen LogP contribution in [0.5, 0.6) is 5.75 Å². The molecule has 8 nitrogen and oxygen atoms in total. The van der Waals surface area contributed by atoms with Crippen molar-refractivity contribution in [1.29, 1.82) is 0 Å². The smallest absolute Gasteiger partial charge is 0.293 e. The number of nitrogens with zero attached hydrogens (tertiary/aromatic N) is 4. The summed E-state index contributed by atoms with van der Waals surface area (Å²) in [4.78, 5) is 36.1. The van der Waals surface area contributed by atoms with E-state index in [0.29, 0.717) is 29.1 Å². The van der Waals surface area contributed by atoms with Crippen LogP contribution in [0.1, 0.15) is 53.0 Å². The van der Waals surface area contributed by atoms with Gasteiger partial charge in [0.05, 0.1) is 11.7 Å². The Hall–Kier alpha value is -3.13. The van der Waals surface area contributed by atoms with Crippen molar-refractivity contribution in [3.8, 4) is 5.75 Å². The Labute approximate surface area is 210 Å². The molecule has 1 aromatic carbocycles. The van der Waals surface area contributed by atoms with Crippen LogP contribution in [-0.4, -0.2) is 40.0 Å². The first-order valence-electron chi connectivity index (χ1n) is 12.1. The van der Waals surface area contributed by atoms with Crippen LogP contribution in [0.15, 0.2) is 35.3 Å². The summed E-state index contributed by atoms with van der Waals surface area (Å²) in [6.45, 7) is 9.62. The molecule has 0 aliphatic carbocycles. The fourth-order valence-corrected chi connectivity index (χ4v) is 4.52.